The molecule has 0 saturated carbocycles. The summed E-state index contributed by atoms with van der Waals surface area (Å²) in [5.41, 5.74) is 2.10. The summed E-state index contributed by atoms with van der Waals surface area (Å²) < 4.78 is 16.0. The van der Waals surface area contributed by atoms with Gasteiger partial charge in [0.1, 0.15) is 0 Å². The number of nitrogens with one attached hydrogen (secondary N) is 1. The SMILES string of the molecule is CCNC(c1ccoc1)c1cccc(OC)c1OC. The molecule has 2 rings (SSSR count). The Labute approximate surface area is 113 Å². The molecule has 1 aromatic carbocycles. The van der Waals surface area contributed by atoms with Crippen molar-refractivity contribution >= 4 is 0 Å². The van der Waals surface area contributed by atoms with E-state index in [0.717, 1.165) is 29.2 Å². The lowest BCUT2D eigenvalue weighted by Gasteiger charge is -2.21. The normalized spacial score (nSPS) is 12.2. The van der Waals surface area contributed by atoms with Gasteiger partial charge in [0.2, 0.25) is 0 Å². The zero-order chi connectivity index (χ0) is 13.7. The minimum atomic E-state index is 0.0220. The Morgan fingerprint density at radius 3 is 2.63 bits per heavy atom. The highest BCUT2D eigenvalue weighted by molar-refractivity contribution is 5.50. The number of furan rings is 1. The number of benzene rings is 1. The van der Waals surface area contributed by atoms with Crippen LogP contribution in [0.4, 0.5) is 0 Å². The van der Waals surface area contributed by atoms with E-state index in [9.17, 15) is 0 Å². The van der Waals surface area contributed by atoms with Crippen LogP contribution >= 0.6 is 0 Å². The molecular weight excluding hydrogens is 242 g/mol. The average Bonchev–Trinajstić information content (AvgIpc) is 2.97. The largest absolute Gasteiger partial charge is 0.493 e. The van der Waals surface area contributed by atoms with Gasteiger partial charge in [0, 0.05) is 11.1 Å². The van der Waals surface area contributed by atoms with Crippen LogP contribution in [-0.4, -0.2) is 20.8 Å². The maximum absolute atomic E-state index is 5.50. The molecule has 1 N–H and O–H groups in total. The smallest absolute Gasteiger partial charge is 0.165 e. The molecule has 0 amide bonds. The Morgan fingerprint density at radius 1 is 1.21 bits per heavy atom. The molecule has 1 unspecified atom stereocenters. The molecule has 19 heavy (non-hydrogen) atoms. The average molecular weight is 261 g/mol. The molecule has 0 radical (unpaired) electrons. The number of rotatable bonds is 6. The second kappa shape index (κ2) is 6.29. The van der Waals surface area contributed by atoms with Crippen LogP contribution in [0.1, 0.15) is 24.1 Å². The van der Waals surface area contributed by atoms with Crippen LogP contribution in [-0.2, 0) is 0 Å². The third kappa shape index (κ3) is 2.74. The lowest BCUT2D eigenvalue weighted by atomic mass is 9.99. The van der Waals surface area contributed by atoms with Gasteiger partial charge in [-0.15, -0.1) is 0 Å². The van der Waals surface area contributed by atoms with Crippen molar-refractivity contribution in [2.75, 3.05) is 20.8 Å². The highest BCUT2D eigenvalue weighted by Crippen LogP contribution is 2.37. The summed E-state index contributed by atoms with van der Waals surface area (Å²) in [5.74, 6) is 1.48. The summed E-state index contributed by atoms with van der Waals surface area (Å²) in [6.45, 7) is 2.91. The monoisotopic (exact) mass is 261 g/mol. The van der Waals surface area contributed by atoms with Crippen LogP contribution in [0.25, 0.3) is 0 Å². The topological polar surface area (TPSA) is 43.6 Å². The van der Waals surface area contributed by atoms with Crippen molar-refractivity contribution in [2.24, 2.45) is 0 Å². The van der Waals surface area contributed by atoms with Gasteiger partial charge in [-0.3, -0.25) is 0 Å². The van der Waals surface area contributed by atoms with Crippen molar-refractivity contribution in [2.45, 2.75) is 13.0 Å². The molecule has 0 aliphatic carbocycles. The minimum Gasteiger partial charge on any atom is -0.493 e. The van der Waals surface area contributed by atoms with E-state index in [0.29, 0.717) is 0 Å². The number of hydrogen-bond acceptors (Lipinski definition) is 4. The van der Waals surface area contributed by atoms with Crippen LogP contribution in [0.15, 0.2) is 41.2 Å². The molecule has 0 saturated heterocycles. The zero-order valence-corrected chi connectivity index (χ0v) is 11.5. The van der Waals surface area contributed by atoms with E-state index in [1.54, 1.807) is 26.7 Å². The maximum Gasteiger partial charge on any atom is 0.165 e. The van der Waals surface area contributed by atoms with E-state index in [-0.39, 0.29) is 6.04 Å². The standard InChI is InChI=1S/C15H19NO3/c1-4-16-14(11-8-9-19-10-11)12-6-5-7-13(17-2)15(12)18-3/h5-10,14,16H,4H2,1-3H3. The predicted octanol–water partition coefficient (Wildman–Crippen LogP) is 3.00. The van der Waals surface area contributed by atoms with E-state index in [1.807, 2.05) is 24.3 Å². The van der Waals surface area contributed by atoms with Gasteiger partial charge in [-0.2, -0.15) is 0 Å². The van der Waals surface area contributed by atoms with Gasteiger partial charge in [0.05, 0.1) is 32.8 Å². The Morgan fingerprint density at radius 2 is 2.05 bits per heavy atom. The quantitative estimate of drug-likeness (QED) is 0.868. The van der Waals surface area contributed by atoms with Gasteiger partial charge in [-0.1, -0.05) is 19.1 Å². The highest BCUT2D eigenvalue weighted by Gasteiger charge is 2.20. The van der Waals surface area contributed by atoms with E-state index in [1.165, 1.54) is 0 Å². The van der Waals surface area contributed by atoms with Crippen LogP contribution in [0.3, 0.4) is 0 Å². The molecule has 4 heteroatoms. The first-order valence-electron chi connectivity index (χ1n) is 6.28. The molecule has 0 aliphatic rings. The van der Waals surface area contributed by atoms with E-state index in [2.05, 4.69) is 12.2 Å². The molecule has 2 aromatic rings. The number of ether oxygens (including phenoxy) is 2. The van der Waals surface area contributed by atoms with Crippen molar-refractivity contribution in [3.8, 4) is 11.5 Å². The summed E-state index contributed by atoms with van der Waals surface area (Å²) in [5, 5.41) is 3.43. The van der Waals surface area contributed by atoms with Crippen molar-refractivity contribution in [3.63, 3.8) is 0 Å². The van der Waals surface area contributed by atoms with Crippen molar-refractivity contribution in [3.05, 3.63) is 47.9 Å². The fourth-order valence-corrected chi connectivity index (χ4v) is 2.19. The molecule has 4 nitrogen and oxygen atoms in total. The molecule has 0 spiro atoms. The molecule has 0 bridgehead atoms. The molecule has 0 fully saturated rings. The first-order chi connectivity index (χ1) is 9.31. The molecule has 0 aliphatic heterocycles. The first-order valence-corrected chi connectivity index (χ1v) is 6.28. The van der Waals surface area contributed by atoms with E-state index >= 15 is 0 Å². The van der Waals surface area contributed by atoms with Gasteiger partial charge in [0.25, 0.3) is 0 Å². The van der Waals surface area contributed by atoms with Crippen LogP contribution in [0.2, 0.25) is 0 Å². The predicted molar refractivity (Wildman–Crippen MR) is 73.8 cm³/mol. The van der Waals surface area contributed by atoms with E-state index < -0.39 is 0 Å². The summed E-state index contributed by atoms with van der Waals surface area (Å²) >= 11 is 0. The highest BCUT2D eigenvalue weighted by atomic mass is 16.5. The van der Waals surface area contributed by atoms with E-state index in [4.69, 9.17) is 13.9 Å². The Balaban J connectivity index is 2.47. The molecule has 1 atom stereocenters. The van der Waals surface area contributed by atoms with Crippen molar-refractivity contribution in [1.29, 1.82) is 0 Å². The Bertz CT molecular complexity index is 508. The van der Waals surface area contributed by atoms with Crippen molar-refractivity contribution in [1.82, 2.24) is 5.32 Å². The van der Waals surface area contributed by atoms with Crippen LogP contribution in [0, 0.1) is 0 Å². The number of para-hydroxylation sites is 1. The summed E-state index contributed by atoms with van der Waals surface area (Å²) in [6, 6.07) is 7.85. The van der Waals surface area contributed by atoms with Gasteiger partial charge in [0.15, 0.2) is 11.5 Å². The Hall–Kier alpha value is -1.94. The van der Waals surface area contributed by atoms with Crippen LogP contribution in [0.5, 0.6) is 11.5 Å². The molecule has 1 heterocycles. The maximum atomic E-state index is 5.50. The lowest BCUT2D eigenvalue weighted by molar-refractivity contribution is 0.349. The van der Waals surface area contributed by atoms with Crippen molar-refractivity contribution < 1.29 is 13.9 Å². The second-order valence-corrected chi connectivity index (χ2v) is 4.13. The van der Waals surface area contributed by atoms with Crippen LogP contribution < -0.4 is 14.8 Å². The van der Waals surface area contributed by atoms with Gasteiger partial charge < -0.3 is 19.2 Å². The number of methoxy groups -OCH3 is 2. The zero-order valence-electron chi connectivity index (χ0n) is 11.5. The summed E-state index contributed by atoms with van der Waals surface area (Å²) in [6.07, 6.45) is 3.42. The number of hydrogen-bond donors (Lipinski definition) is 1. The second-order valence-electron chi connectivity index (χ2n) is 4.13. The van der Waals surface area contributed by atoms with Gasteiger partial charge in [-0.05, 0) is 18.7 Å². The molecular formula is C15H19NO3. The lowest BCUT2D eigenvalue weighted by Crippen LogP contribution is -2.22. The molecule has 102 valence electrons. The minimum absolute atomic E-state index is 0.0220. The summed E-state index contributed by atoms with van der Waals surface area (Å²) in [7, 11) is 3.29. The van der Waals surface area contributed by atoms with Gasteiger partial charge in [-0.25, -0.2) is 0 Å². The fourth-order valence-electron chi connectivity index (χ4n) is 2.19. The summed E-state index contributed by atoms with van der Waals surface area (Å²) in [4.78, 5) is 0. The third-order valence-corrected chi connectivity index (χ3v) is 3.03. The third-order valence-electron chi connectivity index (χ3n) is 3.03. The first kappa shape index (κ1) is 13.5. The van der Waals surface area contributed by atoms with Gasteiger partial charge >= 0.3 is 0 Å². The fraction of sp³-hybridized carbons (Fsp3) is 0.333. The Kier molecular flexibility index (Phi) is 4.47. The molecule has 1 aromatic heterocycles.